The SMILES string of the molecule is Cc1c[nH]c(=O)n1-c1ccc(C(=O)Nc2cnc3c(c2)CC(N)CC3)cc1. The number of benzene rings is 1. The summed E-state index contributed by atoms with van der Waals surface area (Å²) in [6, 6.07) is 9.01. The smallest absolute Gasteiger partial charge is 0.327 e. The van der Waals surface area contributed by atoms with Gasteiger partial charge in [0.1, 0.15) is 0 Å². The molecule has 4 rings (SSSR count). The lowest BCUT2D eigenvalue weighted by molar-refractivity contribution is 0.102. The van der Waals surface area contributed by atoms with E-state index in [0.717, 1.165) is 36.2 Å². The summed E-state index contributed by atoms with van der Waals surface area (Å²) < 4.78 is 1.55. The van der Waals surface area contributed by atoms with Crippen LogP contribution >= 0.6 is 0 Å². The van der Waals surface area contributed by atoms with E-state index in [4.69, 9.17) is 5.73 Å². The van der Waals surface area contributed by atoms with Crippen molar-refractivity contribution in [3.05, 3.63) is 75.7 Å². The van der Waals surface area contributed by atoms with Crippen molar-refractivity contribution in [2.45, 2.75) is 32.2 Å². The molecule has 2 aromatic heterocycles. The molecule has 1 aliphatic carbocycles. The molecule has 0 radical (unpaired) electrons. The number of nitrogens with zero attached hydrogens (tertiary/aromatic N) is 2. The molecule has 1 unspecified atom stereocenters. The maximum atomic E-state index is 12.5. The van der Waals surface area contributed by atoms with E-state index in [1.54, 1.807) is 41.2 Å². The average Bonchev–Trinajstić information content (AvgIpc) is 3.00. The molecule has 7 heteroatoms. The number of rotatable bonds is 3. The standard InChI is InChI=1S/C20H21N5O2/c1-12-10-23-20(27)25(12)17-5-2-13(3-6-17)19(26)24-16-9-14-8-15(21)4-7-18(14)22-11-16/h2-3,5-6,9-11,15H,4,7-8,21H2,1H3,(H,23,27)(H,24,26). The zero-order valence-corrected chi connectivity index (χ0v) is 15.0. The van der Waals surface area contributed by atoms with Crippen LogP contribution in [0.4, 0.5) is 5.69 Å². The van der Waals surface area contributed by atoms with Gasteiger partial charge in [-0.2, -0.15) is 0 Å². The molecule has 27 heavy (non-hydrogen) atoms. The van der Waals surface area contributed by atoms with Crippen molar-refractivity contribution in [2.75, 3.05) is 5.32 Å². The van der Waals surface area contributed by atoms with Crippen molar-refractivity contribution >= 4 is 11.6 Å². The number of aryl methyl sites for hydroxylation is 2. The predicted octanol–water partition coefficient (Wildman–Crippen LogP) is 1.94. The van der Waals surface area contributed by atoms with Crippen LogP contribution in [0.15, 0.2) is 47.5 Å². The van der Waals surface area contributed by atoms with Crippen LogP contribution in [0.2, 0.25) is 0 Å². The van der Waals surface area contributed by atoms with E-state index in [-0.39, 0.29) is 17.6 Å². The van der Waals surface area contributed by atoms with Gasteiger partial charge < -0.3 is 16.0 Å². The van der Waals surface area contributed by atoms with Crippen LogP contribution in [0.5, 0.6) is 0 Å². The average molecular weight is 363 g/mol. The molecule has 1 aliphatic rings. The lowest BCUT2D eigenvalue weighted by Gasteiger charge is -2.21. The fraction of sp³-hybridized carbons (Fsp3) is 0.250. The van der Waals surface area contributed by atoms with E-state index in [1.807, 2.05) is 13.0 Å². The molecule has 0 bridgehead atoms. The van der Waals surface area contributed by atoms with Gasteiger partial charge in [-0.3, -0.25) is 14.3 Å². The quantitative estimate of drug-likeness (QED) is 0.661. The van der Waals surface area contributed by atoms with Crippen molar-refractivity contribution in [3.63, 3.8) is 0 Å². The van der Waals surface area contributed by atoms with Crippen LogP contribution in [-0.4, -0.2) is 26.5 Å². The van der Waals surface area contributed by atoms with E-state index in [9.17, 15) is 9.59 Å². The Hall–Kier alpha value is -3.19. The number of anilines is 1. The Morgan fingerprint density at radius 3 is 2.81 bits per heavy atom. The van der Waals surface area contributed by atoms with E-state index in [2.05, 4.69) is 15.3 Å². The van der Waals surface area contributed by atoms with Crippen LogP contribution in [0.25, 0.3) is 5.69 Å². The molecule has 0 saturated heterocycles. The third-order valence-electron chi connectivity index (χ3n) is 4.90. The number of nitrogens with one attached hydrogen (secondary N) is 2. The van der Waals surface area contributed by atoms with Gasteiger partial charge in [-0.25, -0.2) is 4.79 Å². The van der Waals surface area contributed by atoms with Gasteiger partial charge in [0.25, 0.3) is 5.91 Å². The second-order valence-electron chi connectivity index (χ2n) is 6.90. The van der Waals surface area contributed by atoms with E-state index in [0.29, 0.717) is 16.9 Å². The first-order valence-corrected chi connectivity index (χ1v) is 8.93. The molecule has 2 heterocycles. The van der Waals surface area contributed by atoms with E-state index in [1.165, 1.54) is 0 Å². The van der Waals surface area contributed by atoms with Crippen LogP contribution < -0.4 is 16.7 Å². The third-order valence-corrected chi connectivity index (χ3v) is 4.90. The maximum absolute atomic E-state index is 12.5. The summed E-state index contributed by atoms with van der Waals surface area (Å²) in [6.07, 6.45) is 5.94. The number of nitrogens with two attached hydrogens (primary N) is 1. The zero-order valence-electron chi connectivity index (χ0n) is 15.0. The van der Waals surface area contributed by atoms with Gasteiger partial charge in [0, 0.05) is 29.2 Å². The number of aromatic nitrogens is 3. The molecule has 4 N–H and O–H groups in total. The summed E-state index contributed by atoms with van der Waals surface area (Å²) in [5, 5.41) is 2.88. The normalized spacial score (nSPS) is 16.0. The number of H-pyrrole nitrogens is 1. The summed E-state index contributed by atoms with van der Waals surface area (Å²) in [5.74, 6) is -0.221. The van der Waals surface area contributed by atoms with Gasteiger partial charge in [0.2, 0.25) is 0 Å². The van der Waals surface area contributed by atoms with Gasteiger partial charge in [-0.15, -0.1) is 0 Å². The van der Waals surface area contributed by atoms with Gasteiger partial charge >= 0.3 is 5.69 Å². The van der Waals surface area contributed by atoms with Crippen molar-refractivity contribution in [3.8, 4) is 5.69 Å². The molecule has 1 aromatic carbocycles. The van der Waals surface area contributed by atoms with Crippen LogP contribution in [0, 0.1) is 6.92 Å². The molecule has 0 fully saturated rings. The molecule has 1 atom stereocenters. The van der Waals surface area contributed by atoms with Gasteiger partial charge in [-0.05, 0) is 62.1 Å². The molecule has 1 amide bonds. The predicted molar refractivity (Wildman–Crippen MR) is 103 cm³/mol. The minimum Gasteiger partial charge on any atom is -0.327 e. The van der Waals surface area contributed by atoms with Crippen LogP contribution in [0.1, 0.15) is 33.7 Å². The fourth-order valence-corrected chi connectivity index (χ4v) is 3.46. The molecule has 0 saturated carbocycles. The highest BCUT2D eigenvalue weighted by atomic mass is 16.2. The highest BCUT2D eigenvalue weighted by Crippen LogP contribution is 2.22. The largest absolute Gasteiger partial charge is 0.330 e. The number of amides is 1. The number of hydrogen-bond acceptors (Lipinski definition) is 4. The number of carbonyl (C=O) groups is 1. The highest BCUT2D eigenvalue weighted by Gasteiger charge is 2.17. The van der Waals surface area contributed by atoms with Gasteiger partial charge in [0.05, 0.1) is 17.6 Å². The Bertz CT molecular complexity index is 1050. The number of fused-ring (bicyclic) bond motifs is 1. The monoisotopic (exact) mass is 363 g/mol. The number of imidazole rings is 1. The number of pyridine rings is 1. The van der Waals surface area contributed by atoms with Crippen molar-refractivity contribution in [1.82, 2.24) is 14.5 Å². The number of carbonyl (C=O) groups excluding carboxylic acids is 1. The van der Waals surface area contributed by atoms with Crippen molar-refractivity contribution in [1.29, 1.82) is 0 Å². The minimum atomic E-state index is -0.221. The summed E-state index contributed by atoms with van der Waals surface area (Å²) in [5.41, 5.74) is 10.7. The Morgan fingerprint density at radius 1 is 1.33 bits per heavy atom. The van der Waals surface area contributed by atoms with Gasteiger partial charge in [0.15, 0.2) is 0 Å². The molecular weight excluding hydrogens is 342 g/mol. The number of aromatic amines is 1. The van der Waals surface area contributed by atoms with Crippen molar-refractivity contribution < 1.29 is 4.79 Å². The first kappa shape index (κ1) is 17.2. The van der Waals surface area contributed by atoms with Crippen LogP contribution in [0.3, 0.4) is 0 Å². The molecule has 7 nitrogen and oxygen atoms in total. The Labute approximate surface area is 156 Å². The fourth-order valence-electron chi connectivity index (χ4n) is 3.46. The lowest BCUT2D eigenvalue weighted by atomic mass is 9.92. The van der Waals surface area contributed by atoms with Gasteiger partial charge in [-0.1, -0.05) is 0 Å². The zero-order chi connectivity index (χ0) is 19.0. The Balaban J connectivity index is 1.52. The van der Waals surface area contributed by atoms with Crippen molar-refractivity contribution in [2.24, 2.45) is 5.73 Å². The van der Waals surface area contributed by atoms with Crippen LogP contribution in [-0.2, 0) is 12.8 Å². The first-order valence-electron chi connectivity index (χ1n) is 8.93. The topological polar surface area (TPSA) is 106 Å². The van der Waals surface area contributed by atoms with E-state index < -0.39 is 0 Å². The Kier molecular flexibility index (Phi) is 4.37. The molecule has 0 aliphatic heterocycles. The minimum absolute atomic E-state index is 0.151. The molecular formula is C20H21N5O2. The Morgan fingerprint density at radius 2 is 2.11 bits per heavy atom. The summed E-state index contributed by atoms with van der Waals surface area (Å²) in [6.45, 7) is 1.84. The number of hydrogen-bond donors (Lipinski definition) is 3. The second kappa shape index (κ2) is 6.85. The summed E-state index contributed by atoms with van der Waals surface area (Å²) in [7, 11) is 0. The summed E-state index contributed by atoms with van der Waals surface area (Å²) >= 11 is 0. The maximum Gasteiger partial charge on any atom is 0.330 e. The molecule has 3 aromatic rings. The second-order valence-corrected chi connectivity index (χ2v) is 6.90. The van der Waals surface area contributed by atoms with E-state index >= 15 is 0 Å². The third kappa shape index (κ3) is 3.41. The summed E-state index contributed by atoms with van der Waals surface area (Å²) in [4.78, 5) is 31.5. The molecule has 0 spiro atoms. The highest BCUT2D eigenvalue weighted by molar-refractivity contribution is 6.04. The first-order chi connectivity index (χ1) is 13.0. The molecule has 138 valence electrons. The lowest BCUT2D eigenvalue weighted by Crippen LogP contribution is -2.28.